The molecule has 0 atom stereocenters. The summed E-state index contributed by atoms with van der Waals surface area (Å²) in [7, 11) is 0. The lowest BCUT2D eigenvalue weighted by Crippen LogP contribution is -2.02. The van der Waals surface area contributed by atoms with Crippen molar-refractivity contribution in [1.29, 1.82) is 0 Å². The van der Waals surface area contributed by atoms with Crippen molar-refractivity contribution in [3.63, 3.8) is 0 Å². The second kappa shape index (κ2) is 4.75. The summed E-state index contributed by atoms with van der Waals surface area (Å²) in [5.74, 6) is 1.30. The number of aryl methyl sites for hydroxylation is 1. The molecule has 3 N–H and O–H groups in total. The van der Waals surface area contributed by atoms with Gasteiger partial charge in [0.05, 0.1) is 6.54 Å². The zero-order valence-corrected chi connectivity index (χ0v) is 8.93. The first kappa shape index (κ1) is 10.6. The van der Waals surface area contributed by atoms with E-state index in [1.165, 1.54) is 0 Å². The van der Waals surface area contributed by atoms with E-state index in [1.807, 2.05) is 13.0 Å². The van der Waals surface area contributed by atoms with Crippen molar-refractivity contribution >= 4 is 6.01 Å². The van der Waals surface area contributed by atoms with Gasteiger partial charge in [-0.1, -0.05) is 10.3 Å². The number of rotatable bonds is 5. The van der Waals surface area contributed by atoms with Gasteiger partial charge >= 0.3 is 6.01 Å². The first-order valence-electron chi connectivity index (χ1n) is 4.96. The molecule has 0 saturated carbocycles. The third-order valence-electron chi connectivity index (χ3n) is 1.92. The number of nitrogens with one attached hydrogen (secondary N) is 1. The van der Waals surface area contributed by atoms with E-state index in [4.69, 9.17) is 14.7 Å². The van der Waals surface area contributed by atoms with E-state index in [0.717, 1.165) is 11.5 Å². The maximum absolute atomic E-state index is 5.37. The summed E-state index contributed by atoms with van der Waals surface area (Å²) in [6.07, 6.45) is 0.581. The molecule has 2 heterocycles. The summed E-state index contributed by atoms with van der Waals surface area (Å²) in [4.78, 5) is 0. The average Bonchev–Trinajstić information content (AvgIpc) is 2.85. The van der Waals surface area contributed by atoms with Gasteiger partial charge in [0.2, 0.25) is 5.89 Å². The fraction of sp³-hybridized carbons (Fsp3) is 0.444. The second-order valence-electron chi connectivity index (χ2n) is 3.32. The number of hydrogen-bond donors (Lipinski definition) is 2. The zero-order chi connectivity index (χ0) is 11.4. The monoisotopic (exact) mass is 223 g/mol. The van der Waals surface area contributed by atoms with Crippen LogP contribution in [0.1, 0.15) is 17.3 Å². The van der Waals surface area contributed by atoms with Crippen LogP contribution in [0.15, 0.2) is 15.0 Å². The highest BCUT2D eigenvalue weighted by Crippen LogP contribution is 2.08. The quantitative estimate of drug-likeness (QED) is 0.759. The molecule has 16 heavy (non-hydrogen) atoms. The van der Waals surface area contributed by atoms with E-state index >= 15 is 0 Å². The highest BCUT2D eigenvalue weighted by molar-refractivity contribution is 5.19. The predicted octanol–water partition coefficient (Wildman–Crippen LogP) is 0.479. The summed E-state index contributed by atoms with van der Waals surface area (Å²) in [5.41, 5.74) is 6.16. The number of nitrogens with two attached hydrogens (primary N) is 1. The molecule has 0 fully saturated rings. The molecule has 2 rings (SSSR count). The van der Waals surface area contributed by atoms with Gasteiger partial charge in [-0.2, -0.15) is 0 Å². The van der Waals surface area contributed by atoms with Gasteiger partial charge in [-0.15, -0.1) is 5.10 Å². The van der Waals surface area contributed by atoms with Gasteiger partial charge in [0, 0.05) is 19.0 Å². The van der Waals surface area contributed by atoms with Crippen LogP contribution in [0.5, 0.6) is 0 Å². The molecule has 0 aliphatic rings. The summed E-state index contributed by atoms with van der Waals surface area (Å²) in [6.45, 7) is 2.81. The lowest BCUT2D eigenvalue weighted by molar-refractivity contribution is 0.391. The van der Waals surface area contributed by atoms with Gasteiger partial charge in [0.25, 0.3) is 0 Å². The first-order chi connectivity index (χ1) is 7.78. The molecule has 0 aliphatic heterocycles. The van der Waals surface area contributed by atoms with E-state index in [2.05, 4.69) is 20.7 Å². The molecular formula is C9H13N5O2. The van der Waals surface area contributed by atoms with Crippen LogP contribution in [-0.4, -0.2) is 21.9 Å². The molecule has 0 aliphatic carbocycles. The van der Waals surface area contributed by atoms with Gasteiger partial charge in [-0.3, -0.25) is 0 Å². The molecule has 0 amide bonds. The molecule has 7 nitrogen and oxygen atoms in total. The fourth-order valence-corrected chi connectivity index (χ4v) is 1.22. The van der Waals surface area contributed by atoms with E-state index in [1.54, 1.807) is 0 Å². The summed E-state index contributed by atoms with van der Waals surface area (Å²) in [5, 5.41) is 14.4. The Morgan fingerprint density at radius 1 is 1.44 bits per heavy atom. The van der Waals surface area contributed by atoms with Gasteiger partial charge in [0.15, 0.2) is 0 Å². The van der Waals surface area contributed by atoms with E-state index in [9.17, 15) is 0 Å². The number of anilines is 1. The minimum atomic E-state index is 0.365. The third-order valence-corrected chi connectivity index (χ3v) is 1.92. The van der Waals surface area contributed by atoms with Crippen molar-refractivity contribution in [2.45, 2.75) is 19.9 Å². The number of aromatic nitrogens is 3. The molecule has 0 aromatic carbocycles. The van der Waals surface area contributed by atoms with Gasteiger partial charge in [0.1, 0.15) is 11.5 Å². The normalized spacial score (nSPS) is 10.6. The Kier molecular flexibility index (Phi) is 3.16. The van der Waals surface area contributed by atoms with Crippen molar-refractivity contribution in [3.05, 3.63) is 23.4 Å². The topological polar surface area (TPSA) is 103 Å². The van der Waals surface area contributed by atoms with Crippen LogP contribution in [-0.2, 0) is 13.0 Å². The molecule has 0 bridgehead atoms. The maximum atomic E-state index is 5.37. The summed E-state index contributed by atoms with van der Waals surface area (Å²) < 4.78 is 10.2. The van der Waals surface area contributed by atoms with Crippen molar-refractivity contribution in [1.82, 2.24) is 15.4 Å². The Bertz CT molecular complexity index is 450. The lowest BCUT2D eigenvalue weighted by atomic mass is 10.4. The molecule has 2 aromatic heterocycles. The highest BCUT2D eigenvalue weighted by Gasteiger charge is 2.06. The zero-order valence-electron chi connectivity index (χ0n) is 8.93. The molecule has 2 aromatic rings. The number of hydrogen-bond acceptors (Lipinski definition) is 7. The SMILES string of the molecule is Cc1cc(CNc2nnc(CCN)o2)no1. The van der Waals surface area contributed by atoms with Crippen LogP contribution in [0, 0.1) is 6.92 Å². The van der Waals surface area contributed by atoms with Crippen molar-refractivity contribution in [3.8, 4) is 0 Å². The second-order valence-corrected chi connectivity index (χ2v) is 3.32. The van der Waals surface area contributed by atoms with Crippen LogP contribution < -0.4 is 11.1 Å². The minimum absolute atomic E-state index is 0.365. The van der Waals surface area contributed by atoms with Crippen molar-refractivity contribution in [2.75, 3.05) is 11.9 Å². The Morgan fingerprint density at radius 3 is 3.00 bits per heavy atom. The first-order valence-corrected chi connectivity index (χ1v) is 4.96. The molecule has 7 heteroatoms. The van der Waals surface area contributed by atoms with Crippen LogP contribution in [0.3, 0.4) is 0 Å². The molecule has 0 radical (unpaired) electrons. The Hall–Kier alpha value is -1.89. The fourth-order valence-electron chi connectivity index (χ4n) is 1.22. The molecule has 0 unspecified atom stereocenters. The lowest BCUT2D eigenvalue weighted by Gasteiger charge is -1.95. The van der Waals surface area contributed by atoms with Gasteiger partial charge in [-0.25, -0.2) is 0 Å². The molecule has 0 saturated heterocycles. The maximum Gasteiger partial charge on any atom is 0.315 e. The Morgan fingerprint density at radius 2 is 2.31 bits per heavy atom. The standard InChI is InChI=1S/C9H13N5O2/c1-6-4-7(14-16-6)5-11-9-13-12-8(15-9)2-3-10/h4H,2-3,5,10H2,1H3,(H,11,13). The minimum Gasteiger partial charge on any atom is -0.408 e. The molecular weight excluding hydrogens is 210 g/mol. The van der Waals surface area contributed by atoms with E-state index in [-0.39, 0.29) is 0 Å². The highest BCUT2D eigenvalue weighted by atomic mass is 16.5. The summed E-state index contributed by atoms with van der Waals surface area (Å²) >= 11 is 0. The van der Waals surface area contributed by atoms with Crippen molar-refractivity contribution < 1.29 is 8.94 Å². The Balaban J connectivity index is 1.89. The number of nitrogens with zero attached hydrogens (tertiary/aromatic N) is 3. The average molecular weight is 223 g/mol. The van der Waals surface area contributed by atoms with Crippen molar-refractivity contribution in [2.24, 2.45) is 5.73 Å². The third kappa shape index (κ3) is 2.57. The van der Waals surface area contributed by atoms with Crippen LogP contribution >= 0.6 is 0 Å². The van der Waals surface area contributed by atoms with Crippen LogP contribution in [0.4, 0.5) is 6.01 Å². The van der Waals surface area contributed by atoms with Crippen LogP contribution in [0.2, 0.25) is 0 Å². The smallest absolute Gasteiger partial charge is 0.315 e. The predicted molar refractivity (Wildman–Crippen MR) is 55.6 cm³/mol. The largest absolute Gasteiger partial charge is 0.408 e. The van der Waals surface area contributed by atoms with Gasteiger partial charge in [-0.05, 0) is 6.92 Å². The summed E-state index contributed by atoms with van der Waals surface area (Å²) in [6, 6.07) is 2.20. The molecule has 86 valence electrons. The van der Waals surface area contributed by atoms with Gasteiger partial charge < -0.3 is 20.0 Å². The molecule has 0 spiro atoms. The van der Waals surface area contributed by atoms with E-state index < -0.39 is 0 Å². The Labute approximate surface area is 92.0 Å². The van der Waals surface area contributed by atoms with Crippen LogP contribution in [0.25, 0.3) is 0 Å². The van der Waals surface area contributed by atoms with E-state index in [0.29, 0.717) is 31.4 Å².